The van der Waals surface area contributed by atoms with Gasteiger partial charge in [-0.3, -0.25) is 9.58 Å². The number of alkyl halides is 5. The highest BCUT2D eigenvalue weighted by molar-refractivity contribution is 7.15. The second kappa shape index (κ2) is 6.11. The summed E-state index contributed by atoms with van der Waals surface area (Å²) in [6, 6.07) is 4.56. The summed E-state index contributed by atoms with van der Waals surface area (Å²) in [6.45, 7) is 1.17. The Hall–Kier alpha value is -1.48. The van der Waals surface area contributed by atoms with Gasteiger partial charge in [0, 0.05) is 44.4 Å². The van der Waals surface area contributed by atoms with Crippen LogP contribution >= 0.6 is 11.3 Å². The summed E-state index contributed by atoms with van der Waals surface area (Å²) in [7, 11) is 1.26. The second-order valence-electron chi connectivity index (χ2n) is 5.93. The number of hydrogen-bond donors (Lipinski definition) is 0. The SMILES string of the molecule is Cn1nc(-c2ccc(CN3CCC(F)(F)CC3)s2)cc1C(F)(F)F. The molecule has 1 fully saturated rings. The summed E-state index contributed by atoms with van der Waals surface area (Å²) >= 11 is 1.34. The van der Waals surface area contributed by atoms with Crippen molar-refractivity contribution in [3.8, 4) is 10.6 Å². The normalized spacial score (nSPS) is 18.9. The maximum absolute atomic E-state index is 13.2. The first-order chi connectivity index (χ1) is 11.1. The molecule has 3 nitrogen and oxygen atoms in total. The minimum absolute atomic E-state index is 0.152. The van der Waals surface area contributed by atoms with E-state index in [0.717, 1.165) is 15.6 Å². The summed E-state index contributed by atoms with van der Waals surface area (Å²) in [5.41, 5.74) is -0.531. The maximum Gasteiger partial charge on any atom is 0.433 e. The number of aryl methyl sites for hydroxylation is 1. The molecule has 0 saturated carbocycles. The molecule has 1 aliphatic rings. The molecule has 1 saturated heterocycles. The van der Waals surface area contributed by atoms with Gasteiger partial charge in [0.05, 0.1) is 4.88 Å². The van der Waals surface area contributed by atoms with Crippen LogP contribution in [0.25, 0.3) is 10.6 Å². The first-order valence-corrected chi connectivity index (χ1v) is 8.26. The summed E-state index contributed by atoms with van der Waals surface area (Å²) in [6.07, 6.45) is -4.75. The van der Waals surface area contributed by atoms with Gasteiger partial charge in [0.2, 0.25) is 0 Å². The molecule has 0 spiro atoms. The quantitative estimate of drug-likeness (QED) is 0.752. The average molecular weight is 365 g/mol. The zero-order valence-corrected chi connectivity index (χ0v) is 13.7. The highest BCUT2D eigenvalue weighted by Crippen LogP contribution is 2.35. The van der Waals surface area contributed by atoms with E-state index in [9.17, 15) is 22.0 Å². The van der Waals surface area contributed by atoms with Gasteiger partial charge in [-0.05, 0) is 18.2 Å². The highest BCUT2D eigenvalue weighted by atomic mass is 32.1. The molecule has 0 atom stereocenters. The van der Waals surface area contributed by atoms with E-state index in [1.807, 2.05) is 11.0 Å². The van der Waals surface area contributed by atoms with E-state index in [4.69, 9.17) is 0 Å². The van der Waals surface area contributed by atoms with Crippen LogP contribution in [0, 0.1) is 0 Å². The largest absolute Gasteiger partial charge is 0.433 e. The van der Waals surface area contributed by atoms with Crippen molar-refractivity contribution < 1.29 is 22.0 Å². The van der Waals surface area contributed by atoms with Gasteiger partial charge >= 0.3 is 6.18 Å². The van der Waals surface area contributed by atoms with Crippen molar-refractivity contribution in [2.45, 2.75) is 31.5 Å². The molecule has 0 aliphatic carbocycles. The van der Waals surface area contributed by atoms with Gasteiger partial charge in [-0.1, -0.05) is 0 Å². The van der Waals surface area contributed by atoms with E-state index in [-0.39, 0.29) is 18.5 Å². The third kappa shape index (κ3) is 3.77. The average Bonchev–Trinajstić information content (AvgIpc) is 3.07. The Morgan fingerprint density at radius 3 is 2.46 bits per heavy atom. The lowest BCUT2D eigenvalue weighted by molar-refractivity contribution is -0.143. The molecule has 3 rings (SSSR count). The standard InChI is InChI=1S/C15H16F5N3S/c1-22-13(15(18,19)20)8-11(21-22)12-3-2-10(24-12)9-23-6-4-14(16,17)5-7-23/h2-3,8H,4-7,9H2,1H3. The monoisotopic (exact) mass is 365 g/mol. The predicted molar refractivity (Wildman–Crippen MR) is 81.0 cm³/mol. The van der Waals surface area contributed by atoms with E-state index in [1.54, 1.807) is 6.07 Å². The van der Waals surface area contributed by atoms with Gasteiger partial charge in [-0.2, -0.15) is 18.3 Å². The van der Waals surface area contributed by atoms with Crippen LogP contribution in [-0.2, 0) is 19.8 Å². The fourth-order valence-electron chi connectivity index (χ4n) is 2.71. The third-order valence-electron chi connectivity index (χ3n) is 4.05. The zero-order chi connectivity index (χ0) is 17.5. The van der Waals surface area contributed by atoms with E-state index >= 15 is 0 Å². The van der Waals surface area contributed by atoms with E-state index in [1.165, 1.54) is 18.4 Å². The van der Waals surface area contributed by atoms with Crippen LogP contribution in [0.3, 0.4) is 0 Å². The molecule has 0 bridgehead atoms. The fraction of sp³-hybridized carbons (Fsp3) is 0.533. The van der Waals surface area contributed by atoms with Crippen molar-refractivity contribution in [2.75, 3.05) is 13.1 Å². The number of halogens is 5. The highest BCUT2D eigenvalue weighted by Gasteiger charge is 2.35. The van der Waals surface area contributed by atoms with Crippen molar-refractivity contribution in [3.05, 3.63) is 28.8 Å². The lowest BCUT2D eigenvalue weighted by Crippen LogP contribution is -2.38. The predicted octanol–water partition coefficient (Wildman–Crippen LogP) is 4.40. The molecule has 0 N–H and O–H groups in total. The molecular weight excluding hydrogens is 349 g/mol. The molecule has 132 valence electrons. The first kappa shape index (κ1) is 17.3. The molecule has 0 unspecified atom stereocenters. The second-order valence-corrected chi connectivity index (χ2v) is 7.10. The Labute approximate surface area is 139 Å². The van der Waals surface area contributed by atoms with Crippen LogP contribution in [0.5, 0.6) is 0 Å². The Morgan fingerprint density at radius 2 is 1.88 bits per heavy atom. The molecule has 2 aromatic rings. The lowest BCUT2D eigenvalue weighted by Gasteiger charge is -2.31. The zero-order valence-electron chi connectivity index (χ0n) is 12.9. The summed E-state index contributed by atoms with van der Waals surface area (Å²) in [4.78, 5) is 3.50. The Kier molecular flexibility index (Phi) is 4.41. The van der Waals surface area contributed by atoms with E-state index in [2.05, 4.69) is 5.10 Å². The van der Waals surface area contributed by atoms with E-state index < -0.39 is 17.8 Å². The van der Waals surface area contributed by atoms with Crippen LogP contribution < -0.4 is 0 Å². The Morgan fingerprint density at radius 1 is 1.21 bits per heavy atom. The topological polar surface area (TPSA) is 21.1 Å². The minimum atomic E-state index is -4.45. The molecule has 0 amide bonds. The van der Waals surface area contributed by atoms with Crippen molar-refractivity contribution >= 4 is 11.3 Å². The molecule has 2 aromatic heterocycles. The number of piperidine rings is 1. The van der Waals surface area contributed by atoms with Crippen molar-refractivity contribution in [1.29, 1.82) is 0 Å². The van der Waals surface area contributed by atoms with Gasteiger partial charge in [0.15, 0.2) is 0 Å². The smallest absolute Gasteiger partial charge is 0.298 e. The summed E-state index contributed by atoms with van der Waals surface area (Å²) in [5.74, 6) is -2.58. The summed E-state index contributed by atoms with van der Waals surface area (Å²) < 4.78 is 65.6. The van der Waals surface area contributed by atoms with Crippen LogP contribution in [-0.4, -0.2) is 33.7 Å². The van der Waals surface area contributed by atoms with Gasteiger partial charge in [0.1, 0.15) is 11.4 Å². The van der Waals surface area contributed by atoms with Crippen molar-refractivity contribution in [1.82, 2.24) is 14.7 Å². The number of hydrogen-bond acceptors (Lipinski definition) is 3. The molecular formula is C15H16F5N3S. The van der Waals surface area contributed by atoms with Crippen LogP contribution in [0.4, 0.5) is 22.0 Å². The fourth-order valence-corrected chi connectivity index (χ4v) is 3.72. The van der Waals surface area contributed by atoms with Gasteiger partial charge in [-0.15, -0.1) is 11.3 Å². The summed E-state index contributed by atoms with van der Waals surface area (Å²) in [5, 5.41) is 3.92. The first-order valence-electron chi connectivity index (χ1n) is 7.44. The molecule has 3 heterocycles. The molecule has 9 heteroatoms. The van der Waals surface area contributed by atoms with Crippen LogP contribution in [0.1, 0.15) is 23.4 Å². The Balaban J connectivity index is 1.70. The van der Waals surface area contributed by atoms with Crippen LogP contribution in [0.15, 0.2) is 18.2 Å². The number of aromatic nitrogens is 2. The minimum Gasteiger partial charge on any atom is -0.298 e. The van der Waals surface area contributed by atoms with Crippen LogP contribution in [0.2, 0.25) is 0 Å². The maximum atomic E-state index is 13.2. The van der Waals surface area contributed by atoms with Gasteiger partial charge in [-0.25, -0.2) is 8.78 Å². The molecule has 24 heavy (non-hydrogen) atoms. The Bertz CT molecular complexity index is 709. The van der Waals surface area contributed by atoms with E-state index in [0.29, 0.717) is 24.5 Å². The molecule has 0 radical (unpaired) electrons. The van der Waals surface area contributed by atoms with Crippen molar-refractivity contribution in [3.63, 3.8) is 0 Å². The number of thiophene rings is 1. The third-order valence-corrected chi connectivity index (χ3v) is 5.14. The number of likely N-dealkylation sites (tertiary alicyclic amines) is 1. The lowest BCUT2D eigenvalue weighted by atomic mass is 10.1. The molecule has 1 aliphatic heterocycles. The number of rotatable bonds is 3. The van der Waals surface area contributed by atoms with Crippen molar-refractivity contribution in [2.24, 2.45) is 7.05 Å². The molecule has 0 aromatic carbocycles. The number of nitrogens with zero attached hydrogens (tertiary/aromatic N) is 3. The van der Waals surface area contributed by atoms with Gasteiger partial charge < -0.3 is 0 Å². The van der Waals surface area contributed by atoms with Gasteiger partial charge in [0.25, 0.3) is 5.92 Å².